The van der Waals surface area contributed by atoms with Gasteiger partial charge >= 0.3 is 0 Å². The Morgan fingerprint density at radius 3 is 2.46 bits per heavy atom. The minimum absolute atomic E-state index is 0.00223. The van der Waals surface area contributed by atoms with E-state index in [1.54, 1.807) is 0 Å². The van der Waals surface area contributed by atoms with E-state index in [0.29, 0.717) is 13.0 Å². The van der Waals surface area contributed by atoms with E-state index in [1.807, 2.05) is 18.7 Å². The molecule has 0 bridgehead atoms. The van der Waals surface area contributed by atoms with Crippen molar-refractivity contribution in [2.45, 2.75) is 52.1 Å². The van der Waals surface area contributed by atoms with Gasteiger partial charge in [-0.15, -0.1) is 0 Å². The smallest absolute Gasteiger partial charge is 0.241 e. The molecule has 148 valence electrons. The maximum Gasteiger partial charge on any atom is 0.241 e. The highest BCUT2D eigenvalue weighted by Gasteiger charge is 2.59. The summed E-state index contributed by atoms with van der Waals surface area (Å²) in [4.78, 5) is 30.0. The molecule has 8 heteroatoms. The van der Waals surface area contributed by atoms with E-state index in [1.165, 1.54) is 0 Å². The van der Waals surface area contributed by atoms with Crippen LogP contribution in [0.3, 0.4) is 0 Å². The lowest BCUT2D eigenvalue weighted by Crippen LogP contribution is -2.56. The van der Waals surface area contributed by atoms with Gasteiger partial charge in [0.05, 0.1) is 30.2 Å². The Hall–Kier alpha value is -1.15. The number of hydrogen-bond donors (Lipinski definition) is 0. The molecule has 3 heterocycles. The number of sulfonamides is 1. The number of likely N-dealkylation sites (tertiary alicyclic amines) is 2. The molecule has 3 rings (SSSR count). The summed E-state index contributed by atoms with van der Waals surface area (Å²) < 4.78 is 25.4. The number of nitrogens with zero attached hydrogens (tertiary/aromatic N) is 3. The molecule has 26 heavy (non-hydrogen) atoms. The van der Waals surface area contributed by atoms with Crippen molar-refractivity contribution in [3.63, 3.8) is 0 Å². The van der Waals surface area contributed by atoms with Gasteiger partial charge in [-0.25, -0.2) is 12.7 Å². The van der Waals surface area contributed by atoms with Crippen molar-refractivity contribution < 1.29 is 18.0 Å². The number of fused-ring (bicyclic) bond motifs is 1. The summed E-state index contributed by atoms with van der Waals surface area (Å²) in [5.74, 6) is -0.692. The maximum atomic E-state index is 13.0. The molecule has 0 radical (unpaired) electrons. The molecule has 2 amide bonds. The molecule has 0 aromatic rings. The number of amides is 2. The molecule has 3 aliphatic rings. The predicted octanol–water partition coefficient (Wildman–Crippen LogP) is 0.762. The normalized spacial score (nSPS) is 30.2. The van der Waals surface area contributed by atoms with Gasteiger partial charge in [0, 0.05) is 19.6 Å². The van der Waals surface area contributed by atoms with E-state index < -0.39 is 22.0 Å². The predicted molar refractivity (Wildman–Crippen MR) is 98.8 cm³/mol. The highest BCUT2D eigenvalue weighted by Crippen LogP contribution is 2.42. The van der Waals surface area contributed by atoms with E-state index in [2.05, 4.69) is 11.8 Å². The van der Waals surface area contributed by atoms with Crippen molar-refractivity contribution in [2.75, 3.05) is 32.4 Å². The second kappa shape index (κ2) is 7.11. The van der Waals surface area contributed by atoms with Crippen LogP contribution >= 0.6 is 0 Å². The van der Waals surface area contributed by atoms with Gasteiger partial charge in [-0.1, -0.05) is 27.2 Å². The maximum absolute atomic E-state index is 13.0. The lowest BCUT2D eigenvalue weighted by molar-refractivity contribution is -0.143. The molecule has 0 N–H and O–H groups in total. The van der Waals surface area contributed by atoms with Crippen LogP contribution in [0.15, 0.2) is 0 Å². The number of carbonyl (C=O) groups is 2. The third-order valence-corrected chi connectivity index (χ3v) is 7.25. The Bertz CT molecular complexity index is 672. The molecule has 7 nitrogen and oxygen atoms in total. The SMILES string of the molecule is CCCCN1CC(C(=O)N2CC[C@H]3[C@H]2[C@@H](C(C)C)C(=O)N3S(C)(=O)=O)C1. The highest BCUT2D eigenvalue weighted by atomic mass is 32.2. The Balaban J connectivity index is 1.75. The van der Waals surface area contributed by atoms with Crippen LogP contribution in [0.25, 0.3) is 0 Å². The first kappa shape index (κ1) is 19.6. The fourth-order valence-corrected chi connectivity index (χ4v) is 5.99. The van der Waals surface area contributed by atoms with Gasteiger partial charge in [-0.3, -0.25) is 9.59 Å². The van der Waals surface area contributed by atoms with E-state index >= 15 is 0 Å². The molecule has 0 saturated carbocycles. The van der Waals surface area contributed by atoms with Crippen molar-refractivity contribution in [1.82, 2.24) is 14.1 Å². The second-order valence-corrected chi connectivity index (χ2v) is 10.2. The molecule has 3 atom stereocenters. The minimum atomic E-state index is -3.61. The van der Waals surface area contributed by atoms with Crippen molar-refractivity contribution in [1.29, 1.82) is 0 Å². The Morgan fingerprint density at radius 2 is 1.92 bits per heavy atom. The number of unbranched alkanes of at least 4 members (excludes halogenated alkanes) is 1. The van der Waals surface area contributed by atoms with Gasteiger partial charge < -0.3 is 9.80 Å². The van der Waals surface area contributed by atoms with Crippen LogP contribution in [0.5, 0.6) is 0 Å². The molecule has 3 aliphatic heterocycles. The molecule has 0 aromatic carbocycles. The van der Waals surface area contributed by atoms with Gasteiger partial charge in [0.2, 0.25) is 21.8 Å². The lowest BCUT2D eigenvalue weighted by Gasteiger charge is -2.41. The third kappa shape index (κ3) is 3.26. The Labute approximate surface area is 156 Å². The first-order valence-corrected chi connectivity index (χ1v) is 11.6. The van der Waals surface area contributed by atoms with Crippen molar-refractivity contribution in [2.24, 2.45) is 17.8 Å². The summed E-state index contributed by atoms with van der Waals surface area (Å²) in [7, 11) is -3.61. The summed E-state index contributed by atoms with van der Waals surface area (Å²) in [6, 6.07) is -0.709. The van der Waals surface area contributed by atoms with Crippen LogP contribution in [-0.4, -0.2) is 78.9 Å². The standard InChI is InChI=1S/C18H31N3O4S/c1-5-6-8-19-10-13(11-19)17(22)20-9-7-14-16(20)15(12(2)3)18(23)21(14)26(4,24)25/h12-16H,5-11H2,1-4H3/t14-,15+,16-/m0/s1. The van der Waals surface area contributed by atoms with Crippen molar-refractivity contribution in [3.8, 4) is 0 Å². The molecule has 3 fully saturated rings. The zero-order valence-electron chi connectivity index (χ0n) is 16.2. The fraction of sp³-hybridized carbons (Fsp3) is 0.889. The number of carbonyl (C=O) groups excluding carboxylic acids is 2. The first-order chi connectivity index (χ1) is 12.2. The van der Waals surface area contributed by atoms with Crippen LogP contribution in [-0.2, 0) is 19.6 Å². The van der Waals surface area contributed by atoms with E-state index in [9.17, 15) is 18.0 Å². The average Bonchev–Trinajstić information content (AvgIpc) is 3.00. The van der Waals surface area contributed by atoms with Gasteiger partial charge in [0.15, 0.2) is 0 Å². The zero-order chi connectivity index (χ0) is 19.2. The van der Waals surface area contributed by atoms with Crippen molar-refractivity contribution in [3.05, 3.63) is 0 Å². The van der Waals surface area contributed by atoms with Gasteiger partial charge in [-0.2, -0.15) is 0 Å². The minimum Gasteiger partial charge on any atom is -0.336 e. The van der Waals surface area contributed by atoms with Gasteiger partial charge in [0.1, 0.15) is 0 Å². The Morgan fingerprint density at radius 1 is 1.27 bits per heavy atom. The summed E-state index contributed by atoms with van der Waals surface area (Å²) in [5, 5.41) is 0. The molecule has 0 unspecified atom stereocenters. The van der Waals surface area contributed by atoms with Crippen LogP contribution in [0.1, 0.15) is 40.0 Å². The van der Waals surface area contributed by atoms with Crippen LogP contribution in [0.4, 0.5) is 0 Å². The summed E-state index contributed by atoms with van der Waals surface area (Å²) >= 11 is 0. The Kier molecular flexibility index (Phi) is 5.36. The van der Waals surface area contributed by atoms with Crippen LogP contribution in [0.2, 0.25) is 0 Å². The average molecular weight is 386 g/mol. The number of hydrogen-bond acceptors (Lipinski definition) is 5. The first-order valence-electron chi connectivity index (χ1n) is 9.72. The second-order valence-electron chi connectivity index (χ2n) is 8.36. The molecule has 0 spiro atoms. The molecule has 0 aliphatic carbocycles. The quantitative estimate of drug-likeness (QED) is 0.675. The van der Waals surface area contributed by atoms with Crippen molar-refractivity contribution >= 4 is 21.8 Å². The lowest BCUT2D eigenvalue weighted by atomic mass is 9.87. The summed E-state index contributed by atoms with van der Waals surface area (Å²) in [6.07, 6.45) is 3.92. The summed E-state index contributed by atoms with van der Waals surface area (Å²) in [5.41, 5.74) is 0. The van der Waals surface area contributed by atoms with Gasteiger partial charge in [-0.05, 0) is 25.3 Å². The topological polar surface area (TPSA) is 78.0 Å². The highest BCUT2D eigenvalue weighted by molar-refractivity contribution is 7.88. The summed E-state index contributed by atoms with van der Waals surface area (Å²) in [6.45, 7) is 9.16. The molecular weight excluding hydrogens is 354 g/mol. The molecule has 3 saturated heterocycles. The monoisotopic (exact) mass is 385 g/mol. The van der Waals surface area contributed by atoms with E-state index in [0.717, 1.165) is 43.0 Å². The molecular formula is C18H31N3O4S. The van der Waals surface area contributed by atoms with Crippen LogP contribution < -0.4 is 0 Å². The zero-order valence-corrected chi connectivity index (χ0v) is 17.0. The number of rotatable bonds is 6. The van der Waals surface area contributed by atoms with E-state index in [-0.39, 0.29) is 29.7 Å². The fourth-order valence-electron chi connectivity index (χ4n) is 4.82. The molecule has 0 aromatic heterocycles. The van der Waals surface area contributed by atoms with Crippen LogP contribution in [0, 0.1) is 17.8 Å². The largest absolute Gasteiger partial charge is 0.336 e. The van der Waals surface area contributed by atoms with E-state index in [4.69, 9.17) is 0 Å². The third-order valence-electron chi connectivity index (χ3n) is 6.08. The van der Waals surface area contributed by atoms with Gasteiger partial charge in [0.25, 0.3) is 0 Å².